The number of carbonyl (C=O) groups is 1. The normalized spacial score (nSPS) is 11.6. The smallest absolute Gasteiger partial charge is 0.338 e. The van der Waals surface area contributed by atoms with Gasteiger partial charge in [-0.25, -0.2) is 17.5 Å². The van der Waals surface area contributed by atoms with Crippen LogP contribution in [-0.4, -0.2) is 37.9 Å². The maximum absolute atomic E-state index is 11.9. The second kappa shape index (κ2) is 6.29. The van der Waals surface area contributed by atoms with E-state index in [0.29, 0.717) is 11.5 Å². The Morgan fingerprint density at radius 3 is 2.41 bits per heavy atom. The van der Waals surface area contributed by atoms with Crippen molar-refractivity contribution in [3.8, 4) is 0 Å². The minimum Gasteiger partial charge on any atom is -0.454 e. The van der Waals surface area contributed by atoms with Crippen molar-refractivity contribution >= 4 is 16.0 Å². The molecule has 22 heavy (non-hydrogen) atoms. The SMILES string of the molecule is Cc1cc(COC(=O)c2ccc(S(=O)(=O)N(C)C)cc2)on1. The van der Waals surface area contributed by atoms with Crippen molar-refractivity contribution in [2.24, 2.45) is 0 Å². The van der Waals surface area contributed by atoms with E-state index in [0.717, 1.165) is 4.31 Å². The maximum atomic E-state index is 11.9. The van der Waals surface area contributed by atoms with Gasteiger partial charge in [-0.15, -0.1) is 0 Å². The first-order valence-corrected chi connectivity index (χ1v) is 7.86. The van der Waals surface area contributed by atoms with E-state index in [1.165, 1.54) is 38.4 Å². The Morgan fingerprint density at radius 1 is 1.27 bits per heavy atom. The van der Waals surface area contributed by atoms with Gasteiger partial charge in [0.2, 0.25) is 10.0 Å². The van der Waals surface area contributed by atoms with Gasteiger partial charge in [0.1, 0.15) is 0 Å². The summed E-state index contributed by atoms with van der Waals surface area (Å²) in [5, 5.41) is 3.68. The summed E-state index contributed by atoms with van der Waals surface area (Å²) < 4.78 is 34.9. The van der Waals surface area contributed by atoms with Crippen molar-refractivity contribution in [2.75, 3.05) is 14.1 Å². The second-order valence-electron chi connectivity index (χ2n) is 4.82. The number of aryl methyl sites for hydroxylation is 1. The molecular formula is C14H16N2O5S. The molecule has 0 saturated carbocycles. The van der Waals surface area contributed by atoms with Gasteiger partial charge in [-0.05, 0) is 31.2 Å². The van der Waals surface area contributed by atoms with Crippen molar-refractivity contribution < 1.29 is 22.5 Å². The van der Waals surface area contributed by atoms with Gasteiger partial charge in [-0.1, -0.05) is 5.16 Å². The molecule has 2 aromatic rings. The quantitative estimate of drug-likeness (QED) is 0.776. The molecule has 118 valence electrons. The van der Waals surface area contributed by atoms with E-state index < -0.39 is 16.0 Å². The molecular weight excluding hydrogens is 308 g/mol. The molecule has 0 aliphatic carbocycles. The topological polar surface area (TPSA) is 89.7 Å². The van der Waals surface area contributed by atoms with Gasteiger partial charge in [0.15, 0.2) is 12.4 Å². The number of ether oxygens (including phenoxy) is 1. The van der Waals surface area contributed by atoms with E-state index in [1.807, 2.05) is 0 Å². The molecule has 1 heterocycles. The van der Waals surface area contributed by atoms with Crippen LogP contribution in [0.1, 0.15) is 21.8 Å². The minimum atomic E-state index is -3.51. The molecule has 0 atom stereocenters. The van der Waals surface area contributed by atoms with E-state index in [4.69, 9.17) is 9.26 Å². The van der Waals surface area contributed by atoms with Crippen molar-refractivity contribution in [2.45, 2.75) is 18.4 Å². The number of nitrogens with zero attached hydrogens (tertiary/aromatic N) is 2. The van der Waals surface area contributed by atoms with Crippen LogP contribution in [0.25, 0.3) is 0 Å². The first-order valence-electron chi connectivity index (χ1n) is 6.42. The molecule has 0 unspecified atom stereocenters. The van der Waals surface area contributed by atoms with Crippen molar-refractivity contribution in [1.29, 1.82) is 0 Å². The van der Waals surface area contributed by atoms with Crippen LogP contribution in [-0.2, 0) is 21.4 Å². The largest absolute Gasteiger partial charge is 0.454 e. The van der Waals surface area contributed by atoms with Gasteiger partial charge in [0.05, 0.1) is 16.2 Å². The number of hydrogen-bond acceptors (Lipinski definition) is 6. The third-order valence-corrected chi connectivity index (χ3v) is 4.72. The van der Waals surface area contributed by atoms with Crippen molar-refractivity contribution in [1.82, 2.24) is 9.46 Å². The summed E-state index contributed by atoms with van der Waals surface area (Å²) in [5.74, 6) is -0.125. The molecule has 0 amide bonds. The molecule has 0 spiro atoms. The van der Waals surface area contributed by atoms with Crippen LogP contribution in [0.2, 0.25) is 0 Å². The van der Waals surface area contributed by atoms with Crippen LogP contribution in [0, 0.1) is 6.92 Å². The first kappa shape index (κ1) is 16.2. The Bertz CT molecular complexity index is 763. The first-order chi connectivity index (χ1) is 10.3. The molecule has 0 aliphatic heterocycles. The molecule has 0 radical (unpaired) electrons. The van der Waals surface area contributed by atoms with Crippen LogP contribution in [0.15, 0.2) is 39.8 Å². The molecule has 0 N–H and O–H groups in total. The lowest BCUT2D eigenvalue weighted by Crippen LogP contribution is -2.22. The highest BCUT2D eigenvalue weighted by Crippen LogP contribution is 2.15. The number of rotatable bonds is 5. The summed E-state index contributed by atoms with van der Waals surface area (Å²) in [7, 11) is -0.631. The summed E-state index contributed by atoms with van der Waals surface area (Å²) in [4.78, 5) is 12.0. The fourth-order valence-corrected chi connectivity index (χ4v) is 2.58. The molecule has 2 rings (SSSR count). The van der Waals surface area contributed by atoms with E-state index >= 15 is 0 Å². The summed E-state index contributed by atoms with van der Waals surface area (Å²) in [6.07, 6.45) is 0. The fraction of sp³-hybridized carbons (Fsp3) is 0.286. The molecule has 0 saturated heterocycles. The van der Waals surface area contributed by atoms with Crippen molar-refractivity contribution in [3.05, 3.63) is 47.3 Å². The predicted molar refractivity (Wildman–Crippen MR) is 77.7 cm³/mol. The lowest BCUT2D eigenvalue weighted by atomic mass is 10.2. The zero-order valence-electron chi connectivity index (χ0n) is 12.4. The van der Waals surface area contributed by atoms with Crippen molar-refractivity contribution in [3.63, 3.8) is 0 Å². The molecule has 1 aromatic carbocycles. The van der Waals surface area contributed by atoms with E-state index in [2.05, 4.69) is 5.16 Å². The number of carbonyl (C=O) groups excluding carboxylic acids is 1. The standard InChI is InChI=1S/C14H16N2O5S/c1-10-8-12(21-15-10)9-20-14(17)11-4-6-13(7-5-11)22(18,19)16(2)3/h4-8H,9H2,1-3H3. The summed E-state index contributed by atoms with van der Waals surface area (Å²) in [6.45, 7) is 1.73. The Balaban J connectivity index is 2.05. The Hall–Kier alpha value is -2.19. The zero-order chi connectivity index (χ0) is 16.3. The third kappa shape index (κ3) is 3.52. The molecule has 0 aliphatic rings. The highest BCUT2D eigenvalue weighted by atomic mass is 32.2. The summed E-state index contributed by atoms with van der Waals surface area (Å²) >= 11 is 0. The second-order valence-corrected chi connectivity index (χ2v) is 6.97. The zero-order valence-corrected chi connectivity index (χ0v) is 13.3. The molecule has 0 bridgehead atoms. The van der Waals surface area contributed by atoms with Crippen LogP contribution >= 0.6 is 0 Å². The molecule has 0 fully saturated rings. The average Bonchev–Trinajstić information content (AvgIpc) is 2.90. The number of sulfonamides is 1. The van der Waals surface area contributed by atoms with Gasteiger partial charge >= 0.3 is 5.97 Å². The monoisotopic (exact) mass is 324 g/mol. The molecule has 1 aromatic heterocycles. The maximum Gasteiger partial charge on any atom is 0.338 e. The molecule has 7 nitrogen and oxygen atoms in total. The predicted octanol–water partition coefficient (Wildman–Crippen LogP) is 1.59. The Morgan fingerprint density at radius 2 is 1.91 bits per heavy atom. The average molecular weight is 324 g/mol. The van der Waals surface area contributed by atoms with Gasteiger partial charge in [0.25, 0.3) is 0 Å². The van der Waals surface area contributed by atoms with Crippen LogP contribution in [0.4, 0.5) is 0 Å². The minimum absolute atomic E-state index is 0.0303. The number of esters is 1. The third-order valence-electron chi connectivity index (χ3n) is 2.89. The summed E-state index contributed by atoms with van der Waals surface area (Å²) in [6, 6.07) is 7.21. The van der Waals surface area contributed by atoms with Gasteiger partial charge < -0.3 is 9.26 Å². The highest BCUT2D eigenvalue weighted by molar-refractivity contribution is 7.89. The van der Waals surface area contributed by atoms with Gasteiger partial charge in [-0.3, -0.25) is 0 Å². The van der Waals surface area contributed by atoms with Gasteiger partial charge in [-0.2, -0.15) is 0 Å². The van der Waals surface area contributed by atoms with Gasteiger partial charge in [0, 0.05) is 20.2 Å². The van der Waals surface area contributed by atoms with Crippen LogP contribution < -0.4 is 0 Å². The number of aromatic nitrogens is 1. The Kier molecular flexibility index (Phi) is 4.62. The van der Waals surface area contributed by atoms with Crippen LogP contribution in [0.5, 0.6) is 0 Å². The Labute approximate surface area is 128 Å². The lowest BCUT2D eigenvalue weighted by Gasteiger charge is -2.11. The number of hydrogen-bond donors (Lipinski definition) is 0. The number of benzene rings is 1. The van der Waals surface area contributed by atoms with E-state index in [9.17, 15) is 13.2 Å². The fourth-order valence-electron chi connectivity index (χ4n) is 1.68. The summed E-state index contributed by atoms with van der Waals surface area (Å²) in [5.41, 5.74) is 0.957. The van der Waals surface area contributed by atoms with Crippen LogP contribution in [0.3, 0.4) is 0 Å². The van der Waals surface area contributed by atoms with E-state index in [1.54, 1.807) is 13.0 Å². The van der Waals surface area contributed by atoms with E-state index in [-0.39, 0.29) is 17.1 Å². The highest BCUT2D eigenvalue weighted by Gasteiger charge is 2.18. The lowest BCUT2D eigenvalue weighted by molar-refractivity contribution is 0.0437. The molecule has 8 heteroatoms.